The molecule has 2 heterocycles. The summed E-state index contributed by atoms with van der Waals surface area (Å²) >= 11 is 0. The lowest BCUT2D eigenvalue weighted by atomic mass is 9.71. The highest BCUT2D eigenvalue weighted by Crippen LogP contribution is 2.42. The van der Waals surface area contributed by atoms with Crippen molar-refractivity contribution in [2.45, 2.75) is 97.6 Å². The summed E-state index contributed by atoms with van der Waals surface area (Å²) in [5.74, 6) is 0.000320. The first-order chi connectivity index (χ1) is 14.3. The van der Waals surface area contributed by atoms with Crippen molar-refractivity contribution in [3.05, 3.63) is 0 Å². The lowest BCUT2D eigenvalue weighted by Gasteiger charge is -2.47. The molecule has 0 N–H and O–H groups in total. The number of ether oxygens (including phenoxy) is 2. The summed E-state index contributed by atoms with van der Waals surface area (Å²) in [6.45, 7) is 18.0. The molecule has 0 spiro atoms. The van der Waals surface area contributed by atoms with E-state index in [1.807, 2.05) is 6.92 Å². The first kappa shape index (κ1) is 26.8. The summed E-state index contributed by atoms with van der Waals surface area (Å²) in [6, 6.07) is 0. The Labute approximate surface area is 196 Å². The van der Waals surface area contributed by atoms with Gasteiger partial charge in [-0.25, -0.2) is 0 Å². The smallest absolute Gasteiger partial charge is 0.312 e. The molecule has 0 radical (unpaired) electrons. The number of rotatable bonds is 7. The van der Waals surface area contributed by atoms with Gasteiger partial charge in [-0.3, -0.25) is 19.5 Å². The van der Waals surface area contributed by atoms with Crippen LogP contribution in [0.1, 0.15) is 79.6 Å². The van der Waals surface area contributed by atoms with Crippen LogP contribution in [-0.4, -0.2) is 84.5 Å². The van der Waals surface area contributed by atoms with E-state index in [-0.39, 0.29) is 41.8 Å². The van der Waals surface area contributed by atoms with Gasteiger partial charge in [-0.15, -0.1) is 12.4 Å². The van der Waals surface area contributed by atoms with Crippen molar-refractivity contribution in [3.8, 4) is 0 Å². The molecule has 6 nitrogen and oxygen atoms in total. The molecule has 7 heteroatoms. The van der Waals surface area contributed by atoms with Gasteiger partial charge in [0.2, 0.25) is 0 Å². The Bertz CT molecular complexity index is 547. The van der Waals surface area contributed by atoms with Crippen molar-refractivity contribution in [2.24, 2.45) is 5.41 Å². The van der Waals surface area contributed by atoms with Crippen LogP contribution in [0.3, 0.4) is 0 Å². The van der Waals surface area contributed by atoms with Crippen molar-refractivity contribution in [3.63, 3.8) is 0 Å². The third-order valence-electron chi connectivity index (χ3n) is 7.62. The second kappa shape index (κ2) is 11.6. The largest absolute Gasteiger partial charge is 0.466 e. The summed E-state index contributed by atoms with van der Waals surface area (Å²) in [5.41, 5.74) is -0.0621. The number of likely N-dealkylation sites (tertiary alicyclic amines) is 1. The summed E-state index contributed by atoms with van der Waals surface area (Å²) in [5, 5.41) is 0. The molecule has 1 unspecified atom stereocenters. The summed E-state index contributed by atoms with van der Waals surface area (Å²) in [7, 11) is 0. The fourth-order valence-corrected chi connectivity index (χ4v) is 5.42. The van der Waals surface area contributed by atoms with E-state index in [0.717, 1.165) is 71.4 Å². The minimum atomic E-state index is -0.294. The minimum Gasteiger partial charge on any atom is -0.466 e. The van der Waals surface area contributed by atoms with E-state index in [1.165, 1.54) is 12.8 Å². The first-order valence-electron chi connectivity index (χ1n) is 12.3. The predicted molar refractivity (Wildman–Crippen MR) is 127 cm³/mol. The Morgan fingerprint density at radius 2 is 1.52 bits per heavy atom. The summed E-state index contributed by atoms with van der Waals surface area (Å²) < 4.78 is 12.2. The maximum absolute atomic E-state index is 12.6. The lowest BCUT2D eigenvalue weighted by Crippen LogP contribution is -2.60. The molecular weight excluding hydrogens is 414 g/mol. The van der Waals surface area contributed by atoms with Gasteiger partial charge in [0, 0.05) is 44.8 Å². The Balaban J connectivity index is 0.00000341. The van der Waals surface area contributed by atoms with E-state index in [4.69, 9.17) is 9.47 Å². The quantitative estimate of drug-likeness (QED) is 0.533. The average molecular weight is 460 g/mol. The van der Waals surface area contributed by atoms with Gasteiger partial charge in [0.05, 0.1) is 18.1 Å². The van der Waals surface area contributed by atoms with Gasteiger partial charge in [-0.2, -0.15) is 0 Å². The maximum atomic E-state index is 12.6. The van der Waals surface area contributed by atoms with Crippen LogP contribution in [0.25, 0.3) is 0 Å². The molecule has 3 rings (SSSR count). The topological polar surface area (TPSA) is 45.3 Å². The molecule has 1 atom stereocenters. The van der Waals surface area contributed by atoms with E-state index >= 15 is 0 Å². The molecule has 3 fully saturated rings. The molecule has 0 bridgehead atoms. The molecule has 0 aromatic rings. The molecule has 1 aliphatic carbocycles. The fourth-order valence-electron chi connectivity index (χ4n) is 5.42. The first-order valence-corrected chi connectivity index (χ1v) is 12.3. The van der Waals surface area contributed by atoms with Gasteiger partial charge in [-0.1, -0.05) is 6.92 Å². The van der Waals surface area contributed by atoms with Crippen LogP contribution in [0.15, 0.2) is 0 Å². The summed E-state index contributed by atoms with van der Waals surface area (Å²) in [6.07, 6.45) is 7.43. The minimum absolute atomic E-state index is 0. The third kappa shape index (κ3) is 6.57. The SMILES string of the molecule is CCOC(=O)C1(CC)CCC(OC(N2CCCC2)N2CCN(C(C)(C)C)CC2)CC1.Cl. The molecule has 0 aromatic carbocycles. The molecule has 2 saturated heterocycles. The highest BCUT2D eigenvalue weighted by Gasteiger charge is 2.43. The zero-order valence-corrected chi connectivity index (χ0v) is 21.3. The average Bonchev–Trinajstić information content (AvgIpc) is 3.27. The van der Waals surface area contributed by atoms with E-state index in [9.17, 15) is 4.79 Å². The number of hydrogen-bond donors (Lipinski definition) is 0. The number of carbonyl (C=O) groups is 1. The van der Waals surface area contributed by atoms with Gasteiger partial charge in [0.25, 0.3) is 0 Å². The van der Waals surface area contributed by atoms with Crippen molar-refractivity contribution < 1.29 is 14.3 Å². The Hall–Kier alpha value is -0.400. The maximum Gasteiger partial charge on any atom is 0.312 e. The number of nitrogens with zero attached hydrogens (tertiary/aromatic N) is 3. The Morgan fingerprint density at radius 1 is 0.968 bits per heavy atom. The van der Waals surface area contributed by atoms with Crippen LogP contribution in [0.4, 0.5) is 0 Å². The molecule has 31 heavy (non-hydrogen) atoms. The highest BCUT2D eigenvalue weighted by molar-refractivity contribution is 5.85. The van der Waals surface area contributed by atoms with Crippen molar-refractivity contribution in [1.29, 1.82) is 0 Å². The van der Waals surface area contributed by atoms with Crippen LogP contribution in [0.5, 0.6) is 0 Å². The van der Waals surface area contributed by atoms with Gasteiger partial charge < -0.3 is 9.47 Å². The highest BCUT2D eigenvalue weighted by atomic mass is 35.5. The van der Waals surface area contributed by atoms with Crippen LogP contribution >= 0.6 is 12.4 Å². The van der Waals surface area contributed by atoms with E-state index < -0.39 is 0 Å². The van der Waals surface area contributed by atoms with Crippen molar-refractivity contribution >= 4 is 18.4 Å². The van der Waals surface area contributed by atoms with Crippen molar-refractivity contribution in [1.82, 2.24) is 14.7 Å². The van der Waals surface area contributed by atoms with Crippen LogP contribution < -0.4 is 0 Å². The number of halogens is 1. The Kier molecular flexibility index (Phi) is 10.1. The number of carbonyl (C=O) groups excluding carboxylic acids is 1. The normalized spacial score (nSPS) is 30.0. The van der Waals surface area contributed by atoms with Crippen LogP contribution in [0, 0.1) is 5.41 Å². The molecule has 0 aromatic heterocycles. The predicted octanol–water partition coefficient (Wildman–Crippen LogP) is 4.12. The second-order valence-corrected chi connectivity index (χ2v) is 10.5. The fraction of sp³-hybridized carbons (Fsp3) is 0.958. The van der Waals surface area contributed by atoms with Gasteiger partial charge in [0.15, 0.2) is 6.35 Å². The van der Waals surface area contributed by atoms with Crippen LogP contribution in [-0.2, 0) is 14.3 Å². The van der Waals surface area contributed by atoms with E-state index in [0.29, 0.717) is 6.61 Å². The monoisotopic (exact) mass is 459 g/mol. The third-order valence-corrected chi connectivity index (χ3v) is 7.62. The van der Waals surface area contributed by atoms with Gasteiger partial charge in [-0.05, 0) is 72.6 Å². The second-order valence-electron chi connectivity index (χ2n) is 10.5. The van der Waals surface area contributed by atoms with Crippen LogP contribution in [0.2, 0.25) is 0 Å². The number of piperazine rings is 1. The van der Waals surface area contributed by atoms with E-state index in [2.05, 4.69) is 42.4 Å². The molecular formula is C24H46ClN3O3. The standard InChI is InChI=1S/C24H45N3O3.ClH/c1-6-24(21(28)29-7-2)12-10-20(11-13-24)30-22(25-14-8-9-15-25)26-16-18-27(19-17-26)23(3,4)5;/h20,22H,6-19H2,1-5H3;1H. The molecule has 2 aliphatic heterocycles. The number of hydrogen-bond acceptors (Lipinski definition) is 6. The lowest BCUT2D eigenvalue weighted by molar-refractivity contribution is -0.197. The number of esters is 1. The van der Waals surface area contributed by atoms with Gasteiger partial charge in [0.1, 0.15) is 0 Å². The zero-order valence-electron chi connectivity index (χ0n) is 20.5. The molecule has 182 valence electrons. The Morgan fingerprint density at radius 3 is 2.00 bits per heavy atom. The summed E-state index contributed by atoms with van der Waals surface area (Å²) in [4.78, 5) is 20.2. The van der Waals surface area contributed by atoms with Crippen molar-refractivity contribution in [2.75, 3.05) is 45.9 Å². The molecule has 0 amide bonds. The molecule has 1 saturated carbocycles. The van der Waals surface area contributed by atoms with E-state index in [1.54, 1.807) is 0 Å². The van der Waals surface area contributed by atoms with Gasteiger partial charge >= 0.3 is 5.97 Å². The molecule has 3 aliphatic rings. The zero-order chi connectivity index (χ0) is 21.8.